The Morgan fingerprint density at radius 2 is 1.83 bits per heavy atom. The van der Waals surface area contributed by atoms with E-state index < -0.39 is 27.8 Å². The van der Waals surface area contributed by atoms with Crippen molar-refractivity contribution in [1.29, 1.82) is 0 Å². The molecule has 0 saturated carbocycles. The highest BCUT2D eigenvalue weighted by molar-refractivity contribution is 9.10. The van der Waals surface area contributed by atoms with Gasteiger partial charge in [-0.2, -0.15) is 4.72 Å². The molecule has 2 aromatic carbocycles. The summed E-state index contributed by atoms with van der Waals surface area (Å²) in [5.41, 5.74) is 0.254. The maximum absolute atomic E-state index is 13.1. The fourth-order valence-corrected chi connectivity index (χ4v) is 3.25. The number of carbonyl (C=O) groups excluding carboxylic acids is 1. The van der Waals surface area contributed by atoms with Gasteiger partial charge in [-0.3, -0.25) is 4.79 Å². The predicted molar refractivity (Wildman–Crippen MR) is 89.0 cm³/mol. The Morgan fingerprint density at radius 3 is 2.43 bits per heavy atom. The second-order valence-corrected chi connectivity index (χ2v) is 7.43. The van der Waals surface area contributed by atoms with E-state index in [0.29, 0.717) is 0 Å². The fraction of sp³-hybridized carbons (Fsp3) is 0.133. The lowest BCUT2D eigenvalue weighted by Gasteiger charge is -2.14. The van der Waals surface area contributed by atoms with Gasteiger partial charge in [-0.25, -0.2) is 12.8 Å². The molecule has 23 heavy (non-hydrogen) atoms. The van der Waals surface area contributed by atoms with Crippen molar-refractivity contribution in [2.45, 2.75) is 17.9 Å². The molecule has 0 saturated heterocycles. The van der Waals surface area contributed by atoms with Crippen LogP contribution in [0.25, 0.3) is 0 Å². The molecule has 2 N–H and O–H groups in total. The lowest BCUT2D eigenvalue weighted by Crippen LogP contribution is -2.41. The first-order valence-electron chi connectivity index (χ1n) is 6.62. The van der Waals surface area contributed by atoms with Crippen molar-refractivity contribution in [1.82, 2.24) is 4.72 Å². The van der Waals surface area contributed by atoms with Crippen LogP contribution in [0.15, 0.2) is 57.9 Å². The number of benzene rings is 2. The largest absolute Gasteiger partial charge is 0.325 e. The summed E-state index contributed by atoms with van der Waals surface area (Å²) in [7, 11) is -3.83. The molecule has 8 heteroatoms. The van der Waals surface area contributed by atoms with E-state index in [9.17, 15) is 17.6 Å². The highest BCUT2D eigenvalue weighted by Gasteiger charge is 2.22. The quantitative estimate of drug-likeness (QED) is 0.809. The van der Waals surface area contributed by atoms with Crippen LogP contribution in [-0.2, 0) is 14.8 Å². The summed E-state index contributed by atoms with van der Waals surface area (Å²) >= 11 is 3.22. The average molecular weight is 401 g/mol. The van der Waals surface area contributed by atoms with Crippen LogP contribution in [0.3, 0.4) is 0 Å². The summed E-state index contributed by atoms with van der Waals surface area (Å²) in [6, 6.07) is 10.3. The van der Waals surface area contributed by atoms with Crippen molar-refractivity contribution in [3.63, 3.8) is 0 Å². The van der Waals surface area contributed by atoms with Crippen LogP contribution in [0, 0.1) is 5.82 Å². The number of hydrogen-bond donors (Lipinski definition) is 2. The molecule has 0 aromatic heterocycles. The van der Waals surface area contributed by atoms with Crippen LogP contribution in [0.2, 0.25) is 0 Å². The standard InChI is InChI=1S/C15H14BrFN2O3S/c1-10(15(20)18-13-4-2-3-12(17)9-13)19-23(21,22)14-7-5-11(16)6-8-14/h2-10,19H,1H3,(H,18,20)/t10-/m0/s1. The van der Waals surface area contributed by atoms with Crippen LogP contribution in [0.5, 0.6) is 0 Å². The van der Waals surface area contributed by atoms with Crippen LogP contribution < -0.4 is 10.0 Å². The normalized spacial score (nSPS) is 12.7. The van der Waals surface area contributed by atoms with Crippen molar-refractivity contribution in [2.75, 3.05) is 5.32 Å². The molecule has 1 atom stereocenters. The molecule has 0 aliphatic rings. The van der Waals surface area contributed by atoms with Gasteiger partial charge in [-0.05, 0) is 49.4 Å². The highest BCUT2D eigenvalue weighted by Crippen LogP contribution is 2.15. The van der Waals surface area contributed by atoms with E-state index in [-0.39, 0.29) is 10.6 Å². The van der Waals surface area contributed by atoms with Gasteiger partial charge in [0.1, 0.15) is 5.82 Å². The smallest absolute Gasteiger partial charge is 0.242 e. The molecule has 0 spiro atoms. The number of carbonyl (C=O) groups is 1. The van der Waals surface area contributed by atoms with Gasteiger partial charge in [-0.15, -0.1) is 0 Å². The van der Waals surface area contributed by atoms with E-state index in [1.54, 1.807) is 12.1 Å². The number of halogens is 2. The Morgan fingerprint density at radius 1 is 1.17 bits per heavy atom. The minimum absolute atomic E-state index is 0.0473. The molecule has 5 nitrogen and oxygen atoms in total. The second-order valence-electron chi connectivity index (χ2n) is 4.80. The maximum Gasteiger partial charge on any atom is 0.242 e. The summed E-state index contributed by atoms with van der Waals surface area (Å²) in [6.45, 7) is 1.41. The lowest BCUT2D eigenvalue weighted by atomic mass is 10.3. The topological polar surface area (TPSA) is 75.3 Å². The number of nitrogens with one attached hydrogen (secondary N) is 2. The maximum atomic E-state index is 13.1. The molecule has 2 rings (SSSR count). The second kappa shape index (κ2) is 7.20. The summed E-state index contributed by atoms with van der Waals surface area (Å²) in [6.07, 6.45) is 0. The van der Waals surface area contributed by atoms with Crippen molar-refractivity contribution < 1.29 is 17.6 Å². The lowest BCUT2D eigenvalue weighted by molar-refractivity contribution is -0.117. The van der Waals surface area contributed by atoms with Crippen molar-refractivity contribution in [2.24, 2.45) is 0 Å². The number of hydrogen-bond acceptors (Lipinski definition) is 3. The zero-order chi connectivity index (χ0) is 17.0. The van der Waals surface area contributed by atoms with Gasteiger partial charge in [0.25, 0.3) is 0 Å². The van der Waals surface area contributed by atoms with Gasteiger partial charge >= 0.3 is 0 Å². The number of rotatable bonds is 5. The highest BCUT2D eigenvalue weighted by atomic mass is 79.9. The van der Waals surface area contributed by atoms with E-state index in [4.69, 9.17) is 0 Å². The van der Waals surface area contributed by atoms with Gasteiger partial charge in [-0.1, -0.05) is 22.0 Å². The third kappa shape index (κ3) is 4.85. The Bertz CT molecular complexity index is 810. The van der Waals surface area contributed by atoms with Crippen LogP contribution in [-0.4, -0.2) is 20.4 Å². The average Bonchev–Trinajstić information content (AvgIpc) is 2.47. The molecular weight excluding hydrogens is 387 g/mol. The summed E-state index contributed by atoms with van der Waals surface area (Å²) in [5.74, 6) is -1.08. The van der Waals surface area contributed by atoms with Crippen LogP contribution in [0.1, 0.15) is 6.92 Å². The zero-order valence-electron chi connectivity index (χ0n) is 12.1. The Labute approximate surface area is 142 Å². The first kappa shape index (κ1) is 17.6. The fourth-order valence-electron chi connectivity index (χ4n) is 1.78. The molecular formula is C15H14BrFN2O3S. The monoisotopic (exact) mass is 400 g/mol. The Balaban J connectivity index is 2.06. The third-order valence-corrected chi connectivity index (χ3v) is 5.03. The van der Waals surface area contributed by atoms with Gasteiger partial charge in [0.2, 0.25) is 15.9 Å². The molecule has 0 unspecified atom stereocenters. The van der Waals surface area contributed by atoms with Gasteiger partial charge in [0.15, 0.2) is 0 Å². The van der Waals surface area contributed by atoms with E-state index in [1.807, 2.05) is 0 Å². The van der Waals surface area contributed by atoms with E-state index in [1.165, 1.54) is 37.3 Å². The molecule has 0 fully saturated rings. The molecule has 0 aliphatic heterocycles. The first-order chi connectivity index (χ1) is 10.8. The number of anilines is 1. The van der Waals surface area contributed by atoms with Crippen LogP contribution >= 0.6 is 15.9 Å². The molecule has 0 heterocycles. The Hall–Kier alpha value is -1.77. The molecule has 0 radical (unpaired) electrons. The van der Waals surface area contributed by atoms with Crippen molar-refractivity contribution >= 4 is 37.5 Å². The van der Waals surface area contributed by atoms with Crippen molar-refractivity contribution in [3.8, 4) is 0 Å². The van der Waals surface area contributed by atoms with Gasteiger partial charge in [0.05, 0.1) is 10.9 Å². The minimum atomic E-state index is -3.83. The molecule has 0 aliphatic carbocycles. The Kier molecular flexibility index (Phi) is 5.51. The summed E-state index contributed by atoms with van der Waals surface area (Å²) in [5, 5.41) is 2.45. The molecule has 122 valence electrons. The predicted octanol–water partition coefficient (Wildman–Crippen LogP) is 2.89. The van der Waals surface area contributed by atoms with E-state index in [0.717, 1.165) is 10.5 Å². The SMILES string of the molecule is C[C@H](NS(=O)(=O)c1ccc(Br)cc1)C(=O)Nc1cccc(F)c1. The van der Waals surface area contributed by atoms with Crippen molar-refractivity contribution in [3.05, 3.63) is 58.8 Å². The van der Waals surface area contributed by atoms with Crippen LogP contribution in [0.4, 0.5) is 10.1 Å². The first-order valence-corrected chi connectivity index (χ1v) is 8.90. The summed E-state index contributed by atoms with van der Waals surface area (Å²) < 4.78 is 40.5. The number of sulfonamides is 1. The van der Waals surface area contributed by atoms with E-state index >= 15 is 0 Å². The molecule has 0 bridgehead atoms. The molecule has 2 aromatic rings. The summed E-state index contributed by atoms with van der Waals surface area (Å²) in [4.78, 5) is 12.1. The zero-order valence-corrected chi connectivity index (χ0v) is 14.5. The minimum Gasteiger partial charge on any atom is -0.325 e. The number of amides is 1. The third-order valence-electron chi connectivity index (χ3n) is 2.94. The van der Waals surface area contributed by atoms with Gasteiger partial charge < -0.3 is 5.32 Å². The molecule has 1 amide bonds. The van der Waals surface area contributed by atoms with E-state index in [2.05, 4.69) is 26.0 Å². The van der Waals surface area contributed by atoms with Gasteiger partial charge in [0, 0.05) is 10.2 Å².